The zero-order chi connectivity index (χ0) is 13.9. The van der Waals surface area contributed by atoms with Crippen LogP contribution in [-0.4, -0.2) is 17.4 Å². The van der Waals surface area contributed by atoms with Crippen LogP contribution in [0.5, 0.6) is 5.75 Å². The summed E-state index contributed by atoms with van der Waals surface area (Å²) in [6.07, 6.45) is -5.28. The predicted molar refractivity (Wildman–Crippen MR) is 53.9 cm³/mol. The van der Waals surface area contributed by atoms with Crippen LogP contribution < -0.4 is 4.74 Å². The van der Waals surface area contributed by atoms with Crippen molar-refractivity contribution in [2.45, 2.75) is 19.7 Å². The number of carbonyl (C=O) groups is 1. The lowest BCUT2D eigenvalue weighted by Crippen LogP contribution is -2.17. The fourth-order valence-electron chi connectivity index (χ4n) is 1.46. The molecule has 7 heteroatoms. The van der Waals surface area contributed by atoms with Gasteiger partial charge in [-0.2, -0.15) is 5.26 Å². The lowest BCUT2D eigenvalue weighted by Gasteiger charge is -2.12. The molecule has 96 valence electrons. The molecule has 1 rings (SSSR count). The second-order valence-electron chi connectivity index (χ2n) is 3.50. The minimum absolute atomic E-state index is 0.142. The van der Waals surface area contributed by atoms with E-state index < -0.39 is 24.5 Å². The number of aryl methyl sites for hydroxylation is 1. The molecular weight excluding hydrogens is 251 g/mol. The van der Waals surface area contributed by atoms with Gasteiger partial charge in [-0.1, -0.05) is 0 Å². The van der Waals surface area contributed by atoms with Crippen LogP contribution in [0.2, 0.25) is 0 Å². The molecule has 0 bridgehead atoms. The van der Waals surface area contributed by atoms with Crippen LogP contribution in [0.4, 0.5) is 13.2 Å². The van der Waals surface area contributed by atoms with Crippen LogP contribution in [0, 0.1) is 18.3 Å². The molecule has 1 N–H and O–H groups in total. The van der Waals surface area contributed by atoms with Gasteiger partial charge in [-0.15, -0.1) is 13.2 Å². The van der Waals surface area contributed by atoms with Crippen molar-refractivity contribution in [2.24, 2.45) is 0 Å². The Morgan fingerprint density at radius 2 is 2.11 bits per heavy atom. The Morgan fingerprint density at radius 1 is 1.50 bits per heavy atom. The number of carboxylic acids is 1. The van der Waals surface area contributed by atoms with Crippen LogP contribution in [0.1, 0.15) is 16.7 Å². The van der Waals surface area contributed by atoms with Crippen molar-refractivity contribution in [3.63, 3.8) is 0 Å². The first-order valence-electron chi connectivity index (χ1n) is 4.74. The van der Waals surface area contributed by atoms with Gasteiger partial charge >= 0.3 is 12.3 Å². The van der Waals surface area contributed by atoms with Gasteiger partial charge in [-0.05, 0) is 30.2 Å². The lowest BCUT2D eigenvalue weighted by molar-refractivity contribution is -0.274. The summed E-state index contributed by atoms with van der Waals surface area (Å²) < 4.78 is 39.7. The Balaban J connectivity index is 3.19. The molecule has 0 aliphatic heterocycles. The first-order chi connectivity index (χ1) is 8.23. The Bertz CT molecular complexity index is 517. The molecule has 0 saturated heterocycles. The van der Waals surface area contributed by atoms with Crippen LogP contribution in [0.25, 0.3) is 0 Å². The van der Waals surface area contributed by atoms with Crippen molar-refractivity contribution in [1.29, 1.82) is 5.26 Å². The summed E-state index contributed by atoms with van der Waals surface area (Å²) in [6.45, 7) is 1.42. The summed E-state index contributed by atoms with van der Waals surface area (Å²) >= 11 is 0. The average Bonchev–Trinajstić information content (AvgIpc) is 2.18. The Kier molecular flexibility index (Phi) is 3.81. The summed E-state index contributed by atoms with van der Waals surface area (Å²) in [6, 6.07) is 3.58. The monoisotopic (exact) mass is 259 g/mol. The number of halogens is 3. The highest BCUT2D eigenvalue weighted by molar-refractivity contribution is 5.72. The normalized spacial score (nSPS) is 10.8. The molecule has 0 aliphatic carbocycles. The van der Waals surface area contributed by atoms with E-state index in [4.69, 9.17) is 10.4 Å². The number of nitriles is 1. The third-order valence-electron chi connectivity index (χ3n) is 2.13. The molecular formula is C11H8F3NO3. The van der Waals surface area contributed by atoms with E-state index in [1.54, 1.807) is 6.07 Å². The molecule has 0 heterocycles. The van der Waals surface area contributed by atoms with Gasteiger partial charge in [0.2, 0.25) is 0 Å². The van der Waals surface area contributed by atoms with Crippen molar-refractivity contribution in [3.8, 4) is 11.8 Å². The van der Waals surface area contributed by atoms with Gasteiger partial charge in [0, 0.05) is 0 Å². The first kappa shape index (κ1) is 13.8. The highest BCUT2D eigenvalue weighted by Gasteiger charge is 2.31. The topological polar surface area (TPSA) is 70.3 Å². The number of hydrogen-bond acceptors (Lipinski definition) is 3. The molecule has 0 aliphatic rings. The van der Waals surface area contributed by atoms with Gasteiger partial charge in [0.25, 0.3) is 0 Å². The highest BCUT2D eigenvalue weighted by atomic mass is 19.4. The van der Waals surface area contributed by atoms with Crippen LogP contribution in [-0.2, 0) is 11.2 Å². The summed E-state index contributed by atoms with van der Waals surface area (Å²) in [7, 11) is 0. The number of aliphatic carboxylic acids is 1. The van der Waals surface area contributed by atoms with E-state index in [-0.39, 0.29) is 16.7 Å². The fraction of sp³-hybridized carbons (Fsp3) is 0.273. The van der Waals surface area contributed by atoms with E-state index in [2.05, 4.69) is 4.74 Å². The van der Waals surface area contributed by atoms with Crippen LogP contribution >= 0.6 is 0 Å². The number of alkyl halides is 3. The smallest absolute Gasteiger partial charge is 0.481 e. The van der Waals surface area contributed by atoms with Gasteiger partial charge in [0.15, 0.2) is 0 Å². The molecule has 0 saturated carbocycles. The van der Waals surface area contributed by atoms with E-state index in [0.717, 1.165) is 12.1 Å². The van der Waals surface area contributed by atoms with Crippen LogP contribution in [0.15, 0.2) is 12.1 Å². The number of benzene rings is 1. The molecule has 0 unspecified atom stereocenters. The highest BCUT2D eigenvalue weighted by Crippen LogP contribution is 2.27. The number of nitrogens with zero attached hydrogens (tertiary/aromatic N) is 1. The number of hydrogen-bond donors (Lipinski definition) is 1. The lowest BCUT2D eigenvalue weighted by atomic mass is 9.99. The molecule has 0 aromatic heterocycles. The van der Waals surface area contributed by atoms with Crippen molar-refractivity contribution < 1.29 is 27.8 Å². The largest absolute Gasteiger partial charge is 0.573 e. The number of carboxylic acid groups (broad SMARTS) is 1. The summed E-state index contributed by atoms with van der Waals surface area (Å²) in [4.78, 5) is 10.6. The molecule has 0 fully saturated rings. The summed E-state index contributed by atoms with van der Waals surface area (Å²) in [5, 5.41) is 17.4. The minimum atomic E-state index is -4.85. The third-order valence-corrected chi connectivity index (χ3v) is 2.13. The van der Waals surface area contributed by atoms with Crippen LogP contribution in [0.3, 0.4) is 0 Å². The zero-order valence-corrected chi connectivity index (χ0v) is 9.21. The molecule has 0 spiro atoms. The van der Waals surface area contributed by atoms with Crippen molar-refractivity contribution in [3.05, 3.63) is 28.8 Å². The van der Waals surface area contributed by atoms with E-state index in [1.807, 2.05) is 0 Å². The molecule has 0 amide bonds. The van der Waals surface area contributed by atoms with Crippen molar-refractivity contribution in [1.82, 2.24) is 0 Å². The maximum Gasteiger partial charge on any atom is 0.573 e. The fourth-order valence-corrected chi connectivity index (χ4v) is 1.46. The van der Waals surface area contributed by atoms with Crippen molar-refractivity contribution in [2.75, 3.05) is 0 Å². The van der Waals surface area contributed by atoms with Gasteiger partial charge in [0.05, 0.1) is 18.1 Å². The predicted octanol–water partition coefficient (Wildman–Crippen LogP) is 2.39. The summed E-state index contributed by atoms with van der Waals surface area (Å²) in [5.41, 5.74) is 0.298. The molecule has 1 aromatic carbocycles. The molecule has 4 nitrogen and oxygen atoms in total. The molecule has 1 aromatic rings. The minimum Gasteiger partial charge on any atom is -0.481 e. The van der Waals surface area contributed by atoms with Gasteiger partial charge in [0.1, 0.15) is 5.75 Å². The van der Waals surface area contributed by atoms with Gasteiger partial charge < -0.3 is 9.84 Å². The molecule has 0 atom stereocenters. The zero-order valence-electron chi connectivity index (χ0n) is 9.21. The van der Waals surface area contributed by atoms with Gasteiger partial charge in [-0.25, -0.2) is 0 Å². The second-order valence-corrected chi connectivity index (χ2v) is 3.50. The first-order valence-corrected chi connectivity index (χ1v) is 4.74. The standard InChI is InChI=1S/C11H8F3NO3/c1-6-2-8(18-11(12,13)14)3-7(5-15)9(6)4-10(16)17/h2-3H,4H2,1H3,(H,16,17). The van der Waals surface area contributed by atoms with E-state index >= 15 is 0 Å². The average molecular weight is 259 g/mol. The molecule has 0 radical (unpaired) electrons. The maximum atomic E-state index is 12.0. The maximum absolute atomic E-state index is 12.0. The SMILES string of the molecule is Cc1cc(OC(F)(F)F)cc(C#N)c1CC(=O)O. The van der Waals surface area contributed by atoms with E-state index in [0.29, 0.717) is 0 Å². The van der Waals surface area contributed by atoms with Gasteiger partial charge in [-0.3, -0.25) is 4.79 Å². The van der Waals surface area contributed by atoms with E-state index in [9.17, 15) is 18.0 Å². The third kappa shape index (κ3) is 3.66. The quantitative estimate of drug-likeness (QED) is 0.904. The number of rotatable bonds is 3. The second kappa shape index (κ2) is 4.96. The Labute approximate surface area is 100 Å². The number of ether oxygens (including phenoxy) is 1. The Morgan fingerprint density at radius 3 is 2.56 bits per heavy atom. The summed E-state index contributed by atoms with van der Waals surface area (Å²) in [5.74, 6) is -1.70. The van der Waals surface area contributed by atoms with Crippen molar-refractivity contribution >= 4 is 5.97 Å². The van der Waals surface area contributed by atoms with E-state index in [1.165, 1.54) is 6.92 Å². The Hall–Kier alpha value is -2.23. The molecule has 18 heavy (non-hydrogen) atoms.